The van der Waals surface area contributed by atoms with Gasteiger partial charge in [-0.2, -0.15) is 5.10 Å². The summed E-state index contributed by atoms with van der Waals surface area (Å²) in [6.07, 6.45) is 1.64. The number of carbonyl (C=O) groups excluding carboxylic acids is 1. The third-order valence-corrected chi connectivity index (χ3v) is 4.57. The number of hydrazone groups is 1. The number of benzene rings is 1. The van der Waals surface area contributed by atoms with Crippen LogP contribution in [0.25, 0.3) is 0 Å². The molecule has 2 aromatic rings. The monoisotopic (exact) mass is 396 g/mol. The molecule has 1 aromatic heterocycles. The van der Waals surface area contributed by atoms with E-state index < -0.39 is 0 Å². The number of amides is 1. The Bertz CT molecular complexity index is 728. The lowest BCUT2D eigenvalue weighted by molar-refractivity contribution is 0.0954. The number of rotatable bonds is 6. The molecule has 23 heavy (non-hydrogen) atoms. The second-order valence-corrected chi connectivity index (χ2v) is 6.39. The van der Waals surface area contributed by atoms with Crippen LogP contribution in [0.1, 0.15) is 27.7 Å². The van der Waals surface area contributed by atoms with E-state index in [1.54, 1.807) is 29.7 Å². The first-order valence-electron chi connectivity index (χ1n) is 6.94. The van der Waals surface area contributed by atoms with Crippen molar-refractivity contribution in [2.75, 3.05) is 13.7 Å². The lowest BCUT2D eigenvalue weighted by Crippen LogP contribution is -2.17. The van der Waals surface area contributed by atoms with E-state index in [-0.39, 0.29) is 5.91 Å². The predicted molar refractivity (Wildman–Crippen MR) is 96.0 cm³/mol. The molecule has 122 valence electrons. The van der Waals surface area contributed by atoms with Gasteiger partial charge in [0.2, 0.25) is 0 Å². The summed E-state index contributed by atoms with van der Waals surface area (Å²) in [7, 11) is 1.53. The minimum atomic E-state index is -0.322. The third kappa shape index (κ3) is 4.33. The van der Waals surface area contributed by atoms with Crippen LogP contribution in [0.2, 0.25) is 0 Å². The molecule has 0 spiro atoms. The Kier molecular flexibility index (Phi) is 6.18. The van der Waals surface area contributed by atoms with Crippen LogP contribution in [0.4, 0.5) is 0 Å². The van der Waals surface area contributed by atoms with E-state index in [0.717, 1.165) is 10.4 Å². The molecule has 5 nitrogen and oxygen atoms in total. The largest absolute Gasteiger partial charge is 0.493 e. The van der Waals surface area contributed by atoms with Gasteiger partial charge >= 0.3 is 0 Å². The van der Waals surface area contributed by atoms with Crippen LogP contribution in [0.15, 0.2) is 33.2 Å². The molecule has 0 saturated carbocycles. The lowest BCUT2D eigenvalue weighted by Gasteiger charge is -2.12. The first-order valence-corrected chi connectivity index (χ1v) is 8.62. The van der Waals surface area contributed by atoms with Gasteiger partial charge in [-0.25, -0.2) is 5.43 Å². The van der Waals surface area contributed by atoms with Crippen molar-refractivity contribution in [2.45, 2.75) is 13.8 Å². The van der Waals surface area contributed by atoms with Crippen LogP contribution >= 0.6 is 27.3 Å². The summed E-state index contributed by atoms with van der Waals surface area (Å²) in [5, 5.41) is 5.97. The number of hydrogen-bond donors (Lipinski definition) is 1. The zero-order valence-electron chi connectivity index (χ0n) is 13.1. The highest BCUT2D eigenvalue weighted by molar-refractivity contribution is 9.10. The summed E-state index contributed by atoms with van der Waals surface area (Å²) in [4.78, 5) is 13.2. The molecular formula is C16H17BrN2O3S. The van der Waals surface area contributed by atoms with Gasteiger partial charge in [-0.1, -0.05) is 0 Å². The molecule has 0 unspecified atom stereocenters. The van der Waals surface area contributed by atoms with Crippen molar-refractivity contribution in [1.29, 1.82) is 0 Å². The van der Waals surface area contributed by atoms with Crippen molar-refractivity contribution in [2.24, 2.45) is 5.10 Å². The van der Waals surface area contributed by atoms with Crippen LogP contribution in [0.3, 0.4) is 0 Å². The summed E-state index contributed by atoms with van der Waals surface area (Å²) < 4.78 is 11.4. The maximum atomic E-state index is 12.2. The summed E-state index contributed by atoms with van der Waals surface area (Å²) in [5.74, 6) is 0.742. The zero-order valence-corrected chi connectivity index (χ0v) is 15.5. The van der Waals surface area contributed by atoms with Gasteiger partial charge in [0.05, 0.1) is 24.4 Å². The second kappa shape index (κ2) is 8.12. The van der Waals surface area contributed by atoms with Crippen LogP contribution in [-0.2, 0) is 0 Å². The molecule has 0 bridgehead atoms. The Hall–Kier alpha value is -1.86. The highest BCUT2D eigenvalue weighted by Gasteiger charge is 2.15. The summed E-state index contributed by atoms with van der Waals surface area (Å²) in [5.41, 5.74) is 4.07. The Morgan fingerprint density at radius 2 is 2.26 bits per heavy atom. The second-order valence-electron chi connectivity index (χ2n) is 4.59. The molecule has 1 amide bonds. The minimum Gasteiger partial charge on any atom is -0.493 e. The number of thiophene rings is 1. The molecule has 0 fully saturated rings. The quantitative estimate of drug-likeness (QED) is 0.592. The van der Waals surface area contributed by atoms with E-state index >= 15 is 0 Å². The Labute approximate surface area is 147 Å². The number of carbonyl (C=O) groups is 1. The van der Waals surface area contributed by atoms with Crippen molar-refractivity contribution < 1.29 is 14.3 Å². The molecule has 0 atom stereocenters. The summed E-state index contributed by atoms with van der Waals surface area (Å²) in [6, 6.07) is 5.30. The van der Waals surface area contributed by atoms with Gasteiger partial charge in [0.1, 0.15) is 0 Å². The number of nitrogens with zero attached hydrogens (tertiary/aromatic N) is 1. The SMILES string of the molecule is CCOc1c(Br)cc(C(=O)N/N=C\c2sccc2C)cc1OC. The minimum absolute atomic E-state index is 0.322. The molecule has 1 aromatic carbocycles. The van der Waals surface area contributed by atoms with Crippen LogP contribution < -0.4 is 14.9 Å². The molecule has 1 heterocycles. The summed E-state index contributed by atoms with van der Waals surface area (Å²) in [6.45, 7) is 4.38. The molecular weight excluding hydrogens is 380 g/mol. The van der Waals surface area contributed by atoms with E-state index in [4.69, 9.17) is 9.47 Å². The van der Waals surface area contributed by atoms with Crippen molar-refractivity contribution in [3.05, 3.63) is 44.1 Å². The molecule has 0 aliphatic carbocycles. The van der Waals surface area contributed by atoms with Crippen LogP contribution in [0, 0.1) is 6.92 Å². The van der Waals surface area contributed by atoms with Crippen molar-refractivity contribution >= 4 is 39.4 Å². The van der Waals surface area contributed by atoms with Gasteiger partial charge in [0.15, 0.2) is 11.5 Å². The topological polar surface area (TPSA) is 59.9 Å². The van der Waals surface area contributed by atoms with Crippen molar-refractivity contribution in [3.8, 4) is 11.5 Å². The molecule has 0 saturated heterocycles. The number of halogens is 1. The van der Waals surface area contributed by atoms with E-state index in [0.29, 0.717) is 28.1 Å². The Morgan fingerprint density at radius 3 is 2.87 bits per heavy atom. The highest BCUT2D eigenvalue weighted by atomic mass is 79.9. The van der Waals surface area contributed by atoms with Gasteiger partial charge < -0.3 is 9.47 Å². The van der Waals surface area contributed by atoms with E-state index in [1.807, 2.05) is 25.3 Å². The van der Waals surface area contributed by atoms with Gasteiger partial charge in [-0.3, -0.25) is 4.79 Å². The van der Waals surface area contributed by atoms with Gasteiger partial charge in [-0.05, 0) is 58.9 Å². The average molecular weight is 397 g/mol. The number of nitrogens with one attached hydrogen (secondary N) is 1. The maximum absolute atomic E-state index is 12.2. The molecule has 2 rings (SSSR count). The third-order valence-electron chi connectivity index (χ3n) is 3.03. The molecule has 0 aliphatic heterocycles. The fourth-order valence-electron chi connectivity index (χ4n) is 1.87. The molecule has 0 aliphatic rings. The van der Waals surface area contributed by atoms with Gasteiger partial charge in [0.25, 0.3) is 5.91 Å². The number of methoxy groups -OCH3 is 1. The maximum Gasteiger partial charge on any atom is 0.271 e. The van der Waals surface area contributed by atoms with Crippen LogP contribution in [-0.4, -0.2) is 25.8 Å². The van der Waals surface area contributed by atoms with E-state index in [9.17, 15) is 4.79 Å². The first kappa shape index (κ1) is 17.5. The smallest absolute Gasteiger partial charge is 0.271 e. The fourth-order valence-corrected chi connectivity index (χ4v) is 3.21. The van der Waals surface area contributed by atoms with Crippen LogP contribution in [0.5, 0.6) is 11.5 Å². The molecule has 7 heteroatoms. The Morgan fingerprint density at radius 1 is 1.48 bits per heavy atom. The van der Waals surface area contributed by atoms with Gasteiger partial charge in [-0.15, -0.1) is 11.3 Å². The standard InChI is InChI=1S/C16H17BrN2O3S/c1-4-22-15-12(17)7-11(8-13(15)21-3)16(20)19-18-9-14-10(2)5-6-23-14/h5-9H,4H2,1-3H3,(H,19,20)/b18-9-. The van der Waals surface area contributed by atoms with Crippen molar-refractivity contribution in [3.63, 3.8) is 0 Å². The zero-order chi connectivity index (χ0) is 16.8. The Balaban J connectivity index is 2.14. The lowest BCUT2D eigenvalue weighted by atomic mass is 10.2. The molecule has 1 N–H and O–H groups in total. The van der Waals surface area contributed by atoms with Gasteiger partial charge in [0, 0.05) is 10.4 Å². The van der Waals surface area contributed by atoms with E-state index in [1.165, 1.54) is 7.11 Å². The molecule has 0 radical (unpaired) electrons. The highest BCUT2D eigenvalue weighted by Crippen LogP contribution is 2.36. The predicted octanol–water partition coefficient (Wildman–Crippen LogP) is 3.99. The first-order chi connectivity index (χ1) is 11.1. The van der Waals surface area contributed by atoms with Crippen molar-refractivity contribution in [1.82, 2.24) is 5.43 Å². The van der Waals surface area contributed by atoms with E-state index in [2.05, 4.69) is 26.5 Å². The number of hydrogen-bond acceptors (Lipinski definition) is 5. The number of ether oxygens (including phenoxy) is 2. The normalized spacial score (nSPS) is 10.8. The summed E-state index contributed by atoms with van der Waals surface area (Å²) >= 11 is 4.96. The average Bonchev–Trinajstić information content (AvgIpc) is 2.94. The fraction of sp³-hybridized carbons (Fsp3) is 0.250. The number of aryl methyl sites for hydroxylation is 1.